The molecule has 0 fully saturated rings. The summed E-state index contributed by atoms with van der Waals surface area (Å²) in [5.74, 6) is 1.62. The summed E-state index contributed by atoms with van der Waals surface area (Å²) in [7, 11) is 0. The Hall–Kier alpha value is -2.23. The van der Waals surface area contributed by atoms with Gasteiger partial charge in [0.15, 0.2) is 0 Å². The normalized spacial score (nSPS) is 10.1. The van der Waals surface area contributed by atoms with E-state index in [1.807, 2.05) is 44.2 Å². The van der Waals surface area contributed by atoms with Gasteiger partial charge in [-0.1, -0.05) is 6.07 Å². The Morgan fingerprint density at radius 1 is 1.33 bits per heavy atom. The first-order valence-electron chi connectivity index (χ1n) is 5.91. The van der Waals surface area contributed by atoms with Gasteiger partial charge >= 0.3 is 0 Å². The SMILES string of the molecule is CCOc1cccc(Nc2cc(C)c(N)cn2)c1. The Balaban J connectivity index is 2.17. The molecule has 0 radical (unpaired) electrons. The summed E-state index contributed by atoms with van der Waals surface area (Å²) in [5.41, 5.74) is 8.38. The first kappa shape index (κ1) is 12.2. The molecule has 0 aliphatic rings. The molecule has 2 aromatic rings. The maximum atomic E-state index is 5.74. The maximum absolute atomic E-state index is 5.74. The molecule has 1 aromatic carbocycles. The predicted molar refractivity (Wildman–Crippen MR) is 74.3 cm³/mol. The third kappa shape index (κ3) is 2.91. The summed E-state index contributed by atoms with van der Waals surface area (Å²) >= 11 is 0. The highest BCUT2D eigenvalue weighted by molar-refractivity contribution is 5.61. The molecular weight excluding hydrogens is 226 g/mol. The van der Waals surface area contributed by atoms with E-state index in [-0.39, 0.29) is 0 Å². The van der Waals surface area contributed by atoms with Crippen LogP contribution < -0.4 is 15.8 Å². The van der Waals surface area contributed by atoms with Crippen molar-refractivity contribution in [3.05, 3.63) is 42.1 Å². The van der Waals surface area contributed by atoms with Gasteiger partial charge < -0.3 is 15.8 Å². The molecule has 0 saturated carbocycles. The zero-order valence-electron chi connectivity index (χ0n) is 10.6. The van der Waals surface area contributed by atoms with Crippen LogP contribution in [0.4, 0.5) is 17.2 Å². The Kier molecular flexibility index (Phi) is 3.67. The molecule has 0 amide bonds. The van der Waals surface area contributed by atoms with Crippen molar-refractivity contribution in [2.75, 3.05) is 17.7 Å². The Bertz CT molecular complexity index is 540. The average Bonchev–Trinajstić information content (AvgIpc) is 2.35. The number of aryl methyl sites for hydroxylation is 1. The number of nitrogen functional groups attached to an aromatic ring is 1. The largest absolute Gasteiger partial charge is 0.494 e. The summed E-state index contributed by atoms with van der Waals surface area (Å²) in [5, 5.41) is 3.22. The molecule has 18 heavy (non-hydrogen) atoms. The summed E-state index contributed by atoms with van der Waals surface area (Å²) in [4.78, 5) is 4.23. The standard InChI is InChI=1S/C14H17N3O/c1-3-18-12-6-4-5-11(8-12)17-14-7-10(2)13(15)9-16-14/h4-9H,3,15H2,1-2H3,(H,16,17). The van der Waals surface area contributed by atoms with E-state index in [1.165, 1.54) is 0 Å². The monoisotopic (exact) mass is 243 g/mol. The van der Waals surface area contributed by atoms with E-state index >= 15 is 0 Å². The molecule has 2 rings (SSSR count). The molecule has 1 aromatic heterocycles. The van der Waals surface area contributed by atoms with Crippen LogP contribution in [0.25, 0.3) is 0 Å². The first-order chi connectivity index (χ1) is 8.69. The van der Waals surface area contributed by atoms with Gasteiger partial charge in [-0.05, 0) is 37.6 Å². The van der Waals surface area contributed by atoms with Gasteiger partial charge in [-0.2, -0.15) is 0 Å². The summed E-state index contributed by atoms with van der Waals surface area (Å²) in [6.45, 7) is 4.58. The molecule has 0 aliphatic heterocycles. The highest BCUT2D eigenvalue weighted by atomic mass is 16.5. The smallest absolute Gasteiger partial charge is 0.130 e. The highest BCUT2D eigenvalue weighted by Gasteiger charge is 2.00. The van der Waals surface area contributed by atoms with Gasteiger partial charge in [-0.3, -0.25) is 0 Å². The van der Waals surface area contributed by atoms with Crippen molar-refractivity contribution in [3.63, 3.8) is 0 Å². The fourth-order valence-corrected chi connectivity index (χ4v) is 1.61. The van der Waals surface area contributed by atoms with E-state index in [2.05, 4.69) is 10.3 Å². The van der Waals surface area contributed by atoms with Crippen LogP contribution in [0.15, 0.2) is 36.5 Å². The van der Waals surface area contributed by atoms with Crippen LogP contribution in [0, 0.1) is 6.92 Å². The van der Waals surface area contributed by atoms with Gasteiger partial charge in [-0.15, -0.1) is 0 Å². The molecule has 94 valence electrons. The molecule has 0 unspecified atom stereocenters. The lowest BCUT2D eigenvalue weighted by Crippen LogP contribution is -1.98. The van der Waals surface area contributed by atoms with Gasteiger partial charge in [0.25, 0.3) is 0 Å². The number of rotatable bonds is 4. The lowest BCUT2D eigenvalue weighted by atomic mass is 10.2. The van der Waals surface area contributed by atoms with E-state index in [0.29, 0.717) is 12.3 Å². The zero-order chi connectivity index (χ0) is 13.0. The van der Waals surface area contributed by atoms with Crippen LogP contribution in [0.1, 0.15) is 12.5 Å². The molecule has 4 heteroatoms. The summed E-state index contributed by atoms with van der Waals surface area (Å²) in [6.07, 6.45) is 1.66. The number of ether oxygens (including phenoxy) is 1. The number of hydrogen-bond donors (Lipinski definition) is 2. The van der Waals surface area contributed by atoms with Crippen molar-refractivity contribution < 1.29 is 4.74 Å². The van der Waals surface area contributed by atoms with Crippen LogP contribution in [0.2, 0.25) is 0 Å². The van der Waals surface area contributed by atoms with Gasteiger partial charge in [0.1, 0.15) is 11.6 Å². The van der Waals surface area contributed by atoms with Crippen LogP contribution in [0.3, 0.4) is 0 Å². The topological polar surface area (TPSA) is 60.2 Å². The van der Waals surface area contributed by atoms with Crippen LogP contribution in [-0.2, 0) is 0 Å². The first-order valence-corrected chi connectivity index (χ1v) is 5.91. The minimum absolute atomic E-state index is 0.655. The molecule has 4 nitrogen and oxygen atoms in total. The average molecular weight is 243 g/mol. The second-order valence-electron chi connectivity index (χ2n) is 4.01. The molecule has 3 N–H and O–H groups in total. The second kappa shape index (κ2) is 5.40. The van der Waals surface area contributed by atoms with E-state index in [4.69, 9.17) is 10.5 Å². The van der Waals surface area contributed by atoms with E-state index in [0.717, 1.165) is 22.8 Å². The third-order valence-corrected chi connectivity index (χ3v) is 2.57. The molecular formula is C14H17N3O. The van der Waals surface area contributed by atoms with Crippen molar-refractivity contribution in [1.82, 2.24) is 4.98 Å². The highest BCUT2D eigenvalue weighted by Crippen LogP contribution is 2.22. The van der Waals surface area contributed by atoms with Crippen molar-refractivity contribution in [3.8, 4) is 5.75 Å². The van der Waals surface area contributed by atoms with Gasteiger partial charge in [0, 0.05) is 11.8 Å². The van der Waals surface area contributed by atoms with Gasteiger partial charge in [0.2, 0.25) is 0 Å². The summed E-state index contributed by atoms with van der Waals surface area (Å²) < 4.78 is 5.45. The number of nitrogens with one attached hydrogen (secondary N) is 1. The minimum Gasteiger partial charge on any atom is -0.494 e. The van der Waals surface area contributed by atoms with Crippen LogP contribution >= 0.6 is 0 Å². The van der Waals surface area contributed by atoms with Crippen molar-refractivity contribution in [2.24, 2.45) is 0 Å². The quantitative estimate of drug-likeness (QED) is 0.866. The van der Waals surface area contributed by atoms with E-state index in [9.17, 15) is 0 Å². The molecule has 1 heterocycles. The fraction of sp³-hybridized carbons (Fsp3) is 0.214. The van der Waals surface area contributed by atoms with Gasteiger partial charge in [0.05, 0.1) is 18.5 Å². The molecule has 0 saturated heterocycles. The van der Waals surface area contributed by atoms with E-state index < -0.39 is 0 Å². The maximum Gasteiger partial charge on any atom is 0.130 e. The number of hydrogen-bond acceptors (Lipinski definition) is 4. The number of nitrogens with zero attached hydrogens (tertiary/aromatic N) is 1. The minimum atomic E-state index is 0.655. The number of pyridine rings is 1. The predicted octanol–water partition coefficient (Wildman–Crippen LogP) is 3.11. The fourth-order valence-electron chi connectivity index (χ4n) is 1.61. The number of benzene rings is 1. The number of aromatic nitrogens is 1. The molecule has 0 spiro atoms. The Labute approximate surface area is 107 Å². The molecule has 0 aliphatic carbocycles. The van der Waals surface area contributed by atoms with Crippen LogP contribution in [0.5, 0.6) is 5.75 Å². The second-order valence-corrected chi connectivity index (χ2v) is 4.01. The Morgan fingerprint density at radius 3 is 2.89 bits per heavy atom. The van der Waals surface area contributed by atoms with Crippen LogP contribution in [-0.4, -0.2) is 11.6 Å². The molecule has 0 atom stereocenters. The zero-order valence-corrected chi connectivity index (χ0v) is 10.6. The summed E-state index contributed by atoms with van der Waals surface area (Å²) in [6, 6.07) is 9.70. The Morgan fingerprint density at radius 2 is 2.17 bits per heavy atom. The lowest BCUT2D eigenvalue weighted by Gasteiger charge is -2.09. The van der Waals surface area contributed by atoms with Crippen molar-refractivity contribution in [2.45, 2.75) is 13.8 Å². The third-order valence-electron chi connectivity index (χ3n) is 2.57. The number of nitrogens with two attached hydrogens (primary N) is 1. The van der Waals surface area contributed by atoms with Gasteiger partial charge in [-0.25, -0.2) is 4.98 Å². The van der Waals surface area contributed by atoms with Crippen molar-refractivity contribution in [1.29, 1.82) is 0 Å². The number of anilines is 3. The van der Waals surface area contributed by atoms with Crippen molar-refractivity contribution >= 4 is 17.2 Å². The van der Waals surface area contributed by atoms with E-state index in [1.54, 1.807) is 6.20 Å². The molecule has 0 bridgehead atoms. The lowest BCUT2D eigenvalue weighted by molar-refractivity contribution is 0.340.